The molecule has 0 unspecified atom stereocenters. The van der Waals surface area contributed by atoms with E-state index in [1.165, 1.54) is 55.4 Å². The van der Waals surface area contributed by atoms with Crippen LogP contribution in [0.25, 0.3) is 11.0 Å². The van der Waals surface area contributed by atoms with E-state index in [0.717, 1.165) is 5.52 Å². The molecule has 90 valence electrons. The molecule has 0 amide bonds. The smallest absolute Gasteiger partial charge is 0.110 e. The first kappa shape index (κ1) is 10.8. The highest BCUT2D eigenvalue weighted by Crippen LogP contribution is 2.31. The minimum absolute atomic E-state index is 0.658. The first-order valence-electron chi connectivity index (χ1n) is 6.79. The summed E-state index contributed by atoms with van der Waals surface area (Å²) in [7, 11) is 0. The zero-order chi connectivity index (χ0) is 11.7. The third-order valence-electron chi connectivity index (χ3n) is 3.90. The highest BCUT2D eigenvalue weighted by atomic mass is 14.9. The van der Waals surface area contributed by atoms with Gasteiger partial charge in [0.05, 0.1) is 11.0 Å². The number of aromatic nitrogens is 2. The summed E-state index contributed by atoms with van der Waals surface area (Å²) in [5, 5.41) is 0. The minimum Gasteiger partial charge on any atom is -0.342 e. The monoisotopic (exact) mass is 228 g/mol. The Bertz CT molecular complexity index is 505. The molecule has 1 aromatic carbocycles. The number of rotatable bonds is 1. The fourth-order valence-corrected chi connectivity index (χ4v) is 2.89. The fraction of sp³-hybridized carbons (Fsp3) is 0.533. The largest absolute Gasteiger partial charge is 0.342 e. The molecule has 0 atom stereocenters. The van der Waals surface area contributed by atoms with Gasteiger partial charge in [-0.25, -0.2) is 4.98 Å². The van der Waals surface area contributed by atoms with Crippen molar-refractivity contribution in [2.75, 3.05) is 0 Å². The Kier molecular flexibility index (Phi) is 2.87. The first-order chi connectivity index (χ1) is 8.33. The molecule has 0 bridgehead atoms. The summed E-state index contributed by atoms with van der Waals surface area (Å²) in [4.78, 5) is 8.29. The van der Waals surface area contributed by atoms with Gasteiger partial charge in [0.15, 0.2) is 0 Å². The lowest BCUT2D eigenvalue weighted by Crippen LogP contribution is -1.99. The molecule has 1 N–H and O–H groups in total. The number of fused-ring (bicyclic) bond motifs is 1. The third-order valence-corrected chi connectivity index (χ3v) is 3.90. The van der Waals surface area contributed by atoms with Crippen LogP contribution in [-0.2, 0) is 0 Å². The van der Waals surface area contributed by atoms with E-state index in [-0.39, 0.29) is 0 Å². The molecule has 0 aliphatic heterocycles. The zero-order valence-electron chi connectivity index (χ0n) is 10.5. The second-order valence-electron chi connectivity index (χ2n) is 5.33. The molecular weight excluding hydrogens is 208 g/mol. The maximum absolute atomic E-state index is 4.76. The Balaban J connectivity index is 1.93. The van der Waals surface area contributed by atoms with Gasteiger partial charge < -0.3 is 4.98 Å². The summed E-state index contributed by atoms with van der Waals surface area (Å²) in [6, 6.07) is 6.46. The van der Waals surface area contributed by atoms with Gasteiger partial charge in [0.25, 0.3) is 0 Å². The van der Waals surface area contributed by atoms with E-state index in [1.807, 2.05) is 0 Å². The molecular formula is C15H20N2. The van der Waals surface area contributed by atoms with Crippen molar-refractivity contribution < 1.29 is 0 Å². The van der Waals surface area contributed by atoms with Gasteiger partial charge >= 0.3 is 0 Å². The number of hydrogen-bond donors (Lipinski definition) is 1. The second kappa shape index (κ2) is 4.52. The van der Waals surface area contributed by atoms with Crippen LogP contribution >= 0.6 is 0 Å². The van der Waals surface area contributed by atoms with Crippen molar-refractivity contribution >= 4 is 11.0 Å². The number of imidazole rings is 1. The highest BCUT2D eigenvalue weighted by molar-refractivity contribution is 5.75. The molecule has 0 saturated heterocycles. The van der Waals surface area contributed by atoms with Gasteiger partial charge in [0, 0.05) is 5.92 Å². The van der Waals surface area contributed by atoms with Gasteiger partial charge in [0.2, 0.25) is 0 Å². The van der Waals surface area contributed by atoms with E-state index >= 15 is 0 Å². The fourth-order valence-electron chi connectivity index (χ4n) is 2.89. The zero-order valence-corrected chi connectivity index (χ0v) is 10.5. The number of aromatic amines is 1. The Morgan fingerprint density at radius 3 is 2.65 bits per heavy atom. The van der Waals surface area contributed by atoms with Crippen molar-refractivity contribution in [2.45, 2.75) is 51.4 Å². The number of H-pyrrole nitrogens is 1. The van der Waals surface area contributed by atoms with E-state index < -0.39 is 0 Å². The van der Waals surface area contributed by atoms with E-state index in [1.54, 1.807) is 0 Å². The summed E-state index contributed by atoms with van der Waals surface area (Å²) in [6.07, 6.45) is 8.13. The SMILES string of the molecule is Cc1ccc2nc(C3CCCCCC3)[nH]c2c1. The molecule has 1 aromatic heterocycles. The molecule has 1 aliphatic rings. The molecule has 1 fully saturated rings. The molecule has 1 aliphatic carbocycles. The van der Waals surface area contributed by atoms with Crippen LogP contribution in [0, 0.1) is 6.92 Å². The van der Waals surface area contributed by atoms with Crippen LogP contribution in [0.3, 0.4) is 0 Å². The van der Waals surface area contributed by atoms with Crippen LogP contribution < -0.4 is 0 Å². The lowest BCUT2D eigenvalue weighted by atomic mass is 10.00. The number of aryl methyl sites for hydroxylation is 1. The van der Waals surface area contributed by atoms with Gasteiger partial charge in [-0.05, 0) is 37.5 Å². The molecule has 1 heterocycles. The standard InChI is InChI=1S/C15H20N2/c1-11-8-9-13-14(10-11)17-15(16-13)12-6-4-2-3-5-7-12/h8-10,12H,2-7H2,1H3,(H,16,17). The molecule has 2 heteroatoms. The summed E-state index contributed by atoms with van der Waals surface area (Å²) in [6.45, 7) is 2.13. The number of nitrogens with one attached hydrogen (secondary N) is 1. The van der Waals surface area contributed by atoms with Crippen LogP contribution in [0.15, 0.2) is 18.2 Å². The van der Waals surface area contributed by atoms with Gasteiger partial charge in [-0.15, -0.1) is 0 Å². The van der Waals surface area contributed by atoms with Crippen molar-refractivity contribution in [3.63, 3.8) is 0 Å². The van der Waals surface area contributed by atoms with Gasteiger partial charge in [0.1, 0.15) is 5.82 Å². The minimum atomic E-state index is 0.658. The van der Waals surface area contributed by atoms with Crippen LogP contribution in [0.4, 0.5) is 0 Å². The average Bonchev–Trinajstić information content (AvgIpc) is 2.57. The highest BCUT2D eigenvalue weighted by Gasteiger charge is 2.17. The number of nitrogens with zero attached hydrogens (tertiary/aromatic N) is 1. The summed E-state index contributed by atoms with van der Waals surface area (Å²) in [5.74, 6) is 1.87. The quantitative estimate of drug-likeness (QED) is 0.724. The summed E-state index contributed by atoms with van der Waals surface area (Å²) >= 11 is 0. The Hall–Kier alpha value is -1.31. The average molecular weight is 228 g/mol. The molecule has 2 nitrogen and oxygen atoms in total. The molecule has 17 heavy (non-hydrogen) atoms. The predicted octanol–water partition coefficient (Wildman–Crippen LogP) is 4.31. The van der Waals surface area contributed by atoms with Crippen LogP contribution in [0.1, 0.15) is 55.8 Å². The van der Waals surface area contributed by atoms with Gasteiger partial charge in [-0.1, -0.05) is 31.7 Å². The molecule has 0 spiro atoms. The number of benzene rings is 1. The van der Waals surface area contributed by atoms with Crippen molar-refractivity contribution in [2.24, 2.45) is 0 Å². The van der Waals surface area contributed by atoms with Crippen LogP contribution in [0.2, 0.25) is 0 Å². The maximum atomic E-state index is 4.76. The van der Waals surface area contributed by atoms with Crippen molar-refractivity contribution in [1.29, 1.82) is 0 Å². The normalized spacial score (nSPS) is 18.4. The van der Waals surface area contributed by atoms with E-state index in [4.69, 9.17) is 4.98 Å². The van der Waals surface area contributed by atoms with Crippen LogP contribution in [0.5, 0.6) is 0 Å². The van der Waals surface area contributed by atoms with E-state index in [2.05, 4.69) is 30.1 Å². The Morgan fingerprint density at radius 1 is 1.12 bits per heavy atom. The molecule has 0 radical (unpaired) electrons. The molecule has 3 rings (SSSR count). The van der Waals surface area contributed by atoms with Crippen molar-refractivity contribution in [1.82, 2.24) is 9.97 Å². The van der Waals surface area contributed by atoms with Gasteiger partial charge in [-0.3, -0.25) is 0 Å². The lowest BCUT2D eigenvalue weighted by Gasteiger charge is -2.09. The van der Waals surface area contributed by atoms with E-state index in [9.17, 15) is 0 Å². The first-order valence-corrected chi connectivity index (χ1v) is 6.79. The molecule has 2 aromatic rings. The van der Waals surface area contributed by atoms with E-state index in [0.29, 0.717) is 5.92 Å². The Morgan fingerprint density at radius 2 is 1.88 bits per heavy atom. The molecule has 1 saturated carbocycles. The van der Waals surface area contributed by atoms with Crippen molar-refractivity contribution in [3.8, 4) is 0 Å². The summed E-state index contributed by atoms with van der Waals surface area (Å²) < 4.78 is 0. The Labute approximate surface area is 102 Å². The topological polar surface area (TPSA) is 28.7 Å². The lowest BCUT2D eigenvalue weighted by molar-refractivity contribution is 0.567. The second-order valence-corrected chi connectivity index (χ2v) is 5.33. The summed E-state index contributed by atoms with van der Waals surface area (Å²) in [5.41, 5.74) is 3.62. The number of hydrogen-bond acceptors (Lipinski definition) is 1. The van der Waals surface area contributed by atoms with Crippen molar-refractivity contribution in [3.05, 3.63) is 29.6 Å². The van der Waals surface area contributed by atoms with Gasteiger partial charge in [-0.2, -0.15) is 0 Å². The third kappa shape index (κ3) is 2.21. The maximum Gasteiger partial charge on any atom is 0.110 e. The van der Waals surface area contributed by atoms with Crippen LogP contribution in [-0.4, -0.2) is 9.97 Å². The predicted molar refractivity (Wildman–Crippen MR) is 71.3 cm³/mol.